The lowest BCUT2D eigenvalue weighted by molar-refractivity contribution is 0.410. The lowest BCUT2D eigenvalue weighted by Crippen LogP contribution is -2.14. The zero-order valence-electron chi connectivity index (χ0n) is 10.2. The minimum Gasteiger partial charge on any atom is -0.497 e. The Kier molecular flexibility index (Phi) is 3.76. The largest absolute Gasteiger partial charge is 0.497 e. The predicted molar refractivity (Wildman–Crippen MR) is 65.3 cm³/mol. The van der Waals surface area contributed by atoms with Gasteiger partial charge in [0.25, 0.3) is 0 Å². The number of halogens is 3. The third-order valence-electron chi connectivity index (χ3n) is 2.79. The fourth-order valence-corrected chi connectivity index (χ4v) is 1.82. The molecule has 0 radical (unpaired) electrons. The molecule has 0 aliphatic carbocycles. The average Bonchev–Trinajstić information content (AvgIpc) is 2.36. The molecule has 0 aliphatic heterocycles. The van der Waals surface area contributed by atoms with E-state index in [-0.39, 0.29) is 11.1 Å². The Hall–Kier alpha value is -2.01. The Morgan fingerprint density at radius 2 is 1.63 bits per heavy atom. The first-order valence-electron chi connectivity index (χ1n) is 5.56. The molecule has 2 aromatic carbocycles. The first-order chi connectivity index (χ1) is 9.01. The van der Waals surface area contributed by atoms with Crippen LogP contribution in [0.4, 0.5) is 13.2 Å². The number of hydrogen-bond donors (Lipinski definition) is 1. The van der Waals surface area contributed by atoms with Crippen molar-refractivity contribution in [1.29, 1.82) is 0 Å². The Labute approximate surface area is 108 Å². The number of hydrogen-bond acceptors (Lipinski definition) is 2. The van der Waals surface area contributed by atoms with Crippen molar-refractivity contribution in [3.63, 3.8) is 0 Å². The Morgan fingerprint density at radius 1 is 1.00 bits per heavy atom. The van der Waals surface area contributed by atoms with Crippen molar-refractivity contribution < 1.29 is 17.9 Å². The van der Waals surface area contributed by atoms with Gasteiger partial charge in [0.1, 0.15) is 23.2 Å². The minimum atomic E-state index is -0.948. The number of nitrogens with two attached hydrogens (primary N) is 1. The monoisotopic (exact) mass is 267 g/mol. The van der Waals surface area contributed by atoms with Gasteiger partial charge in [-0.25, -0.2) is 13.2 Å². The molecule has 0 aliphatic rings. The van der Waals surface area contributed by atoms with Crippen LogP contribution in [0.5, 0.6) is 5.75 Å². The molecule has 0 saturated heterocycles. The quantitative estimate of drug-likeness (QED) is 0.927. The summed E-state index contributed by atoms with van der Waals surface area (Å²) in [5.41, 5.74) is 6.14. The van der Waals surface area contributed by atoms with E-state index in [1.807, 2.05) is 0 Å². The van der Waals surface area contributed by atoms with Gasteiger partial charge in [0.15, 0.2) is 0 Å². The zero-order valence-corrected chi connectivity index (χ0v) is 10.2. The maximum Gasteiger partial charge on any atom is 0.132 e. The second-order valence-electron chi connectivity index (χ2n) is 4.07. The molecule has 2 aromatic rings. The van der Waals surface area contributed by atoms with Gasteiger partial charge in [0.05, 0.1) is 13.2 Å². The van der Waals surface area contributed by atoms with Crippen molar-refractivity contribution in [2.45, 2.75) is 6.04 Å². The van der Waals surface area contributed by atoms with Crippen LogP contribution >= 0.6 is 0 Å². The van der Waals surface area contributed by atoms with E-state index in [0.717, 1.165) is 18.2 Å². The van der Waals surface area contributed by atoms with Crippen molar-refractivity contribution in [2.24, 2.45) is 5.73 Å². The van der Waals surface area contributed by atoms with Crippen LogP contribution in [-0.2, 0) is 0 Å². The summed E-state index contributed by atoms with van der Waals surface area (Å²) < 4.78 is 44.9. The second-order valence-corrected chi connectivity index (χ2v) is 4.07. The van der Waals surface area contributed by atoms with Crippen LogP contribution < -0.4 is 10.5 Å². The molecule has 0 amide bonds. The fraction of sp³-hybridized carbons (Fsp3) is 0.143. The first kappa shape index (κ1) is 13.4. The summed E-state index contributed by atoms with van der Waals surface area (Å²) in [6.07, 6.45) is 0. The summed E-state index contributed by atoms with van der Waals surface area (Å²) in [5.74, 6) is -1.74. The number of rotatable bonds is 3. The number of methoxy groups -OCH3 is 1. The van der Waals surface area contributed by atoms with Crippen LogP contribution in [0.3, 0.4) is 0 Å². The molecule has 5 heteroatoms. The van der Waals surface area contributed by atoms with Gasteiger partial charge in [-0.1, -0.05) is 6.07 Å². The van der Waals surface area contributed by atoms with Crippen LogP contribution in [0.2, 0.25) is 0 Å². The van der Waals surface area contributed by atoms with Crippen molar-refractivity contribution in [3.8, 4) is 5.75 Å². The van der Waals surface area contributed by atoms with Crippen molar-refractivity contribution in [1.82, 2.24) is 0 Å². The molecule has 0 fully saturated rings. The molecule has 1 unspecified atom stereocenters. The molecule has 2 nitrogen and oxygen atoms in total. The van der Waals surface area contributed by atoms with E-state index in [1.54, 1.807) is 0 Å². The van der Waals surface area contributed by atoms with Crippen LogP contribution in [0.1, 0.15) is 17.2 Å². The van der Waals surface area contributed by atoms with Gasteiger partial charge in [0.2, 0.25) is 0 Å². The topological polar surface area (TPSA) is 35.2 Å². The van der Waals surface area contributed by atoms with Crippen LogP contribution in [0.25, 0.3) is 0 Å². The van der Waals surface area contributed by atoms with E-state index in [9.17, 15) is 13.2 Å². The highest BCUT2D eigenvalue weighted by atomic mass is 19.1. The van der Waals surface area contributed by atoms with E-state index < -0.39 is 23.5 Å². The maximum atomic E-state index is 13.8. The highest BCUT2D eigenvalue weighted by Gasteiger charge is 2.16. The zero-order chi connectivity index (χ0) is 14.0. The van der Waals surface area contributed by atoms with E-state index in [4.69, 9.17) is 10.5 Å². The third kappa shape index (κ3) is 2.88. The average molecular weight is 267 g/mol. The molecule has 100 valence electrons. The molecule has 0 saturated carbocycles. The normalized spacial score (nSPS) is 12.3. The summed E-state index contributed by atoms with van der Waals surface area (Å²) in [5, 5.41) is 0. The molecular formula is C14H12F3NO. The molecule has 2 rings (SSSR count). The van der Waals surface area contributed by atoms with Gasteiger partial charge in [-0.05, 0) is 23.8 Å². The lowest BCUT2D eigenvalue weighted by Gasteiger charge is -2.14. The molecule has 1 atom stereocenters. The number of ether oxygens (including phenoxy) is 1. The SMILES string of the molecule is COc1ccc(C(N)c2cc(F)cc(F)c2)c(F)c1. The maximum absolute atomic E-state index is 13.8. The molecule has 0 bridgehead atoms. The Bertz CT molecular complexity index is 581. The van der Waals surface area contributed by atoms with Gasteiger partial charge < -0.3 is 10.5 Å². The van der Waals surface area contributed by atoms with Crippen molar-refractivity contribution >= 4 is 0 Å². The predicted octanol–water partition coefficient (Wildman–Crippen LogP) is 3.16. The first-order valence-corrected chi connectivity index (χ1v) is 5.56. The minimum absolute atomic E-state index is 0.144. The lowest BCUT2D eigenvalue weighted by atomic mass is 9.99. The van der Waals surface area contributed by atoms with Crippen LogP contribution in [0, 0.1) is 17.5 Å². The molecule has 0 spiro atoms. The van der Waals surface area contributed by atoms with Gasteiger partial charge in [0, 0.05) is 17.7 Å². The van der Waals surface area contributed by atoms with Crippen molar-refractivity contribution in [2.75, 3.05) is 7.11 Å². The number of benzene rings is 2. The summed E-state index contributed by atoms with van der Waals surface area (Å²) in [6, 6.07) is 6.09. The van der Waals surface area contributed by atoms with E-state index >= 15 is 0 Å². The molecule has 19 heavy (non-hydrogen) atoms. The van der Waals surface area contributed by atoms with E-state index in [2.05, 4.69) is 0 Å². The second kappa shape index (κ2) is 5.32. The smallest absolute Gasteiger partial charge is 0.132 e. The van der Waals surface area contributed by atoms with Crippen molar-refractivity contribution in [3.05, 3.63) is 65.0 Å². The summed E-state index contributed by atoms with van der Waals surface area (Å²) in [7, 11) is 1.41. The molecule has 2 N–H and O–H groups in total. The van der Waals surface area contributed by atoms with Crippen LogP contribution in [-0.4, -0.2) is 7.11 Å². The fourth-order valence-electron chi connectivity index (χ4n) is 1.82. The van der Waals surface area contributed by atoms with Gasteiger partial charge in [-0.15, -0.1) is 0 Å². The van der Waals surface area contributed by atoms with Gasteiger partial charge in [-0.2, -0.15) is 0 Å². The molecule has 0 aromatic heterocycles. The Morgan fingerprint density at radius 3 is 2.16 bits per heavy atom. The van der Waals surface area contributed by atoms with E-state index in [1.165, 1.54) is 25.3 Å². The van der Waals surface area contributed by atoms with E-state index in [0.29, 0.717) is 5.75 Å². The summed E-state index contributed by atoms with van der Waals surface area (Å²) in [4.78, 5) is 0. The highest BCUT2D eigenvalue weighted by Crippen LogP contribution is 2.26. The summed E-state index contributed by atoms with van der Waals surface area (Å²) >= 11 is 0. The van der Waals surface area contributed by atoms with Gasteiger partial charge >= 0.3 is 0 Å². The molecular weight excluding hydrogens is 255 g/mol. The van der Waals surface area contributed by atoms with Gasteiger partial charge in [-0.3, -0.25) is 0 Å². The Balaban J connectivity index is 2.40. The van der Waals surface area contributed by atoms with Crippen LogP contribution in [0.15, 0.2) is 36.4 Å². The summed E-state index contributed by atoms with van der Waals surface area (Å²) in [6.45, 7) is 0. The standard InChI is InChI=1S/C14H12F3NO/c1-19-11-2-3-12(13(17)7-11)14(18)8-4-9(15)6-10(16)5-8/h2-7,14H,18H2,1H3. The third-order valence-corrected chi connectivity index (χ3v) is 2.79. The highest BCUT2D eigenvalue weighted by molar-refractivity contribution is 5.36. The molecule has 0 heterocycles.